The minimum Gasteiger partial charge on any atom is -0.507 e. The third kappa shape index (κ3) is 4.22. The summed E-state index contributed by atoms with van der Waals surface area (Å²) in [4.78, 5) is 11.1. The zero-order valence-corrected chi connectivity index (χ0v) is 11.5. The van der Waals surface area contributed by atoms with Crippen LogP contribution >= 0.6 is 0 Å². The van der Waals surface area contributed by atoms with Gasteiger partial charge in [-0.25, -0.2) is 0 Å². The first-order chi connectivity index (χ1) is 10.1. The third-order valence-corrected chi connectivity index (χ3v) is 3.04. The molecule has 0 radical (unpaired) electrons. The molecule has 0 heterocycles. The summed E-state index contributed by atoms with van der Waals surface area (Å²) in [7, 11) is 0. The number of carbonyl (C=O) groups is 1. The van der Waals surface area contributed by atoms with Crippen LogP contribution in [0.3, 0.4) is 0 Å². The Morgan fingerprint density at radius 3 is 2.57 bits per heavy atom. The molecule has 0 saturated carbocycles. The maximum atomic E-state index is 11.1. The standard InChI is InChI=1S/C16H18N2O3/c17-12(8-11-4-2-1-3-5-11)10-21-13-6-7-15(19)14(9-13)16(18)20/h1-7,9,12,19H,8,10,17H2,(H2,18,20). The first kappa shape index (κ1) is 14.9. The number of nitrogens with two attached hydrogens (primary N) is 2. The molecule has 0 saturated heterocycles. The number of primary amides is 1. The highest BCUT2D eigenvalue weighted by molar-refractivity contribution is 5.95. The lowest BCUT2D eigenvalue weighted by atomic mass is 10.1. The van der Waals surface area contributed by atoms with Gasteiger partial charge in [0.15, 0.2) is 0 Å². The molecule has 2 rings (SSSR count). The number of phenols is 1. The zero-order chi connectivity index (χ0) is 15.2. The van der Waals surface area contributed by atoms with Crippen LogP contribution in [0.4, 0.5) is 0 Å². The van der Waals surface area contributed by atoms with E-state index in [9.17, 15) is 9.90 Å². The quantitative estimate of drug-likeness (QED) is 0.748. The lowest BCUT2D eigenvalue weighted by Crippen LogP contribution is -2.30. The fourth-order valence-electron chi connectivity index (χ4n) is 1.98. The summed E-state index contributed by atoms with van der Waals surface area (Å²) in [5, 5.41) is 9.50. The molecule has 2 aromatic carbocycles. The molecule has 5 heteroatoms. The molecule has 0 aliphatic rings. The fourth-order valence-corrected chi connectivity index (χ4v) is 1.98. The predicted molar refractivity (Wildman–Crippen MR) is 80.2 cm³/mol. The van der Waals surface area contributed by atoms with Crippen LogP contribution in [-0.2, 0) is 6.42 Å². The van der Waals surface area contributed by atoms with E-state index in [1.807, 2.05) is 30.3 Å². The molecular weight excluding hydrogens is 268 g/mol. The van der Waals surface area contributed by atoms with Gasteiger partial charge in [0.05, 0.1) is 5.56 Å². The smallest absolute Gasteiger partial charge is 0.252 e. The number of carbonyl (C=O) groups excluding carboxylic acids is 1. The Kier molecular flexibility index (Phi) is 4.79. The summed E-state index contributed by atoms with van der Waals surface area (Å²) in [6, 6.07) is 14.1. The second-order valence-electron chi connectivity index (χ2n) is 4.80. The number of rotatable bonds is 6. The Balaban J connectivity index is 1.93. The Bertz CT molecular complexity index is 614. The van der Waals surface area contributed by atoms with E-state index in [0.29, 0.717) is 18.8 Å². The largest absolute Gasteiger partial charge is 0.507 e. The highest BCUT2D eigenvalue weighted by Gasteiger charge is 2.10. The van der Waals surface area contributed by atoms with Gasteiger partial charge >= 0.3 is 0 Å². The van der Waals surface area contributed by atoms with Crippen molar-refractivity contribution in [3.05, 3.63) is 59.7 Å². The maximum absolute atomic E-state index is 11.1. The molecule has 21 heavy (non-hydrogen) atoms. The molecule has 0 aliphatic heterocycles. The van der Waals surface area contributed by atoms with E-state index in [1.54, 1.807) is 6.07 Å². The van der Waals surface area contributed by atoms with Crippen molar-refractivity contribution in [3.8, 4) is 11.5 Å². The lowest BCUT2D eigenvalue weighted by Gasteiger charge is -2.14. The summed E-state index contributed by atoms with van der Waals surface area (Å²) in [5.41, 5.74) is 12.3. The van der Waals surface area contributed by atoms with Crippen LogP contribution in [0, 0.1) is 0 Å². The molecule has 0 aromatic heterocycles. The number of hydrogen-bond acceptors (Lipinski definition) is 4. The number of benzene rings is 2. The molecule has 0 bridgehead atoms. The average molecular weight is 286 g/mol. The maximum Gasteiger partial charge on any atom is 0.252 e. The van der Waals surface area contributed by atoms with Gasteiger partial charge in [0.1, 0.15) is 18.1 Å². The molecule has 5 N–H and O–H groups in total. The SMILES string of the molecule is NC(=O)c1cc(OCC(N)Cc2ccccc2)ccc1O. The van der Waals surface area contributed by atoms with E-state index in [4.69, 9.17) is 16.2 Å². The molecule has 0 aliphatic carbocycles. The molecule has 2 aromatic rings. The fraction of sp³-hybridized carbons (Fsp3) is 0.188. The number of ether oxygens (including phenoxy) is 1. The predicted octanol–water partition coefficient (Wildman–Crippen LogP) is 1.44. The third-order valence-electron chi connectivity index (χ3n) is 3.04. The van der Waals surface area contributed by atoms with E-state index in [2.05, 4.69) is 0 Å². The van der Waals surface area contributed by atoms with Crippen molar-refractivity contribution >= 4 is 5.91 Å². The van der Waals surface area contributed by atoms with Crippen molar-refractivity contribution < 1.29 is 14.6 Å². The monoisotopic (exact) mass is 286 g/mol. The van der Waals surface area contributed by atoms with Crippen molar-refractivity contribution in [2.75, 3.05) is 6.61 Å². The van der Waals surface area contributed by atoms with E-state index in [-0.39, 0.29) is 17.4 Å². The van der Waals surface area contributed by atoms with Crippen molar-refractivity contribution in [2.24, 2.45) is 11.5 Å². The van der Waals surface area contributed by atoms with Gasteiger partial charge in [-0.2, -0.15) is 0 Å². The highest BCUT2D eigenvalue weighted by Crippen LogP contribution is 2.22. The lowest BCUT2D eigenvalue weighted by molar-refractivity contribution is 0.0997. The van der Waals surface area contributed by atoms with Crippen LogP contribution in [0.1, 0.15) is 15.9 Å². The molecule has 0 spiro atoms. The van der Waals surface area contributed by atoms with Crippen LogP contribution in [0.2, 0.25) is 0 Å². The van der Waals surface area contributed by atoms with Gasteiger partial charge < -0.3 is 21.3 Å². The van der Waals surface area contributed by atoms with Gasteiger partial charge in [-0.1, -0.05) is 30.3 Å². The average Bonchev–Trinajstić information content (AvgIpc) is 2.47. The van der Waals surface area contributed by atoms with E-state index >= 15 is 0 Å². The Morgan fingerprint density at radius 1 is 1.19 bits per heavy atom. The summed E-state index contributed by atoms with van der Waals surface area (Å²) in [5.74, 6) is -0.417. The first-order valence-corrected chi connectivity index (χ1v) is 6.61. The molecule has 1 atom stereocenters. The molecule has 1 unspecified atom stereocenters. The van der Waals surface area contributed by atoms with Gasteiger partial charge in [-0.3, -0.25) is 4.79 Å². The van der Waals surface area contributed by atoms with Crippen molar-refractivity contribution in [3.63, 3.8) is 0 Å². The number of aromatic hydroxyl groups is 1. The van der Waals surface area contributed by atoms with Crippen LogP contribution in [0.25, 0.3) is 0 Å². The van der Waals surface area contributed by atoms with Crippen LogP contribution in [-0.4, -0.2) is 23.7 Å². The van der Waals surface area contributed by atoms with Crippen LogP contribution in [0.15, 0.2) is 48.5 Å². The topological polar surface area (TPSA) is 98.6 Å². The van der Waals surface area contributed by atoms with Gasteiger partial charge in [-0.05, 0) is 30.2 Å². The van der Waals surface area contributed by atoms with Gasteiger partial charge in [-0.15, -0.1) is 0 Å². The van der Waals surface area contributed by atoms with E-state index < -0.39 is 5.91 Å². The molecule has 1 amide bonds. The van der Waals surface area contributed by atoms with Gasteiger partial charge in [0.2, 0.25) is 0 Å². The summed E-state index contributed by atoms with van der Waals surface area (Å²) in [6.45, 7) is 0.303. The molecule has 5 nitrogen and oxygen atoms in total. The van der Waals surface area contributed by atoms with E-state index in [0.717, 1.165) is 5.56 Å². The number of amides is 1. The molecule has 110 valence electrons. The van der Waals surface area contributed by atoms with Crippen LogP contribution < -0.4 is 16.2 Å². The van der Waals surface area contributed by atoms with Crippen molar-refractivity contribution in [1.29, 1.82) is 0 Å². The molecular formula is C16H18N2O3. The minimum atomic E-state index is -0.702. The minimum absolute atomic E-state index is 0.0316. The Hall–Kier alpha value is -2.53. The Labute approximate surface area is 123 Å². The Morgan fingerprint density at radius 2 is 1.90 bits per heavy atom. The van der Waals surface area contributed by atoms with Crippen molar-refractivity contribution in [2.45, 2.75) is 12.5 Å². The summed E-state index contributed by atoms with van der Waals surface area (Å²) >= 11 is 0. The van der Waals surface area contributed by atoms with Gasteiger partial charge in [0.25, 0.3) is 5.91 Å². The van der Waals surface area contributed by atoms with Crippen molar-refractivity contribution in [1.82, 2.24) is 0 Å². The van der Waals surface area contributed by atoms with E-state index in [1.165, 1.54) is 12.1 Å². The molecule has 0 fully saturated rings. The highest BCUT2D eigenvalue weighted by atomic mass is 16.5. The number of hydrogen-bond donors (Lipinski definition) is 3. The summed E-state index contributed by atoms with van der Waals surface area (Å²) in [6.07, 6.45) is 0.696. The van der Waals surface area contributed by atoms with Crippen LogP contribution in [0.5, 0.6) is 11.5 Å². The normalized spacial score (nSPS) is 11.9. The second kappa shape index (κ2) is 6.76. The second-order valence-corrected chi connectivity index (χ2v) is 4.80. The van der Waals surface area contributed by atoms with Gasteiger partial charge in [0, 0.05) is 6.04 Å². The zero-order valence-electron chi connectivity index (χ0n) is 11.5. The first-order valence-electron chi connectivity index (χ1n) is 6.61. The summed E-state index contributed by atoms with van der Waals surface area (Å²) < 4.78 is 5.54.